The zero-order chi connectivity index (χ0) is 23.0. The number of carbonyl (C=O) groups excluding carboxylic acids is 1. The lowest BCUT2D eigenvalue weighted by atomic mass is 9.74. The van der Waals surface area contributed by atoms with Crippen LogP contribution >= 0.6 is 0 Å². The second-order valence-electron chi connectivity index (χ2n) is 9.64. The summed E-state index contributed by atoms with van der Waals surface area (Å²) in [5.41, 5.74) is 4.27. The van der Waals surface area contributed by atoms with Crippen molar-refractivity contribution in [2.45, 2.75) is 51.0 Å². The van der Waals surface area contributed by atoms with Gasteiger partial charge in [-0.1, -0.05) is 0 Å². The number of benzene rings is 1. The fourth-order valence-corrected chi connectivity index (χ4v) is 5.86. The Morgan fingerprint density at radius 1 is 1.15 bits per heavy atom. The molecule has 2 fully saturated rings. The molecule has 2 aromatic rings. The molecule has 1 amide bonds. The van der Waals surface area contributed by atoms with Gasteiger partial charge in [-0.25, -0.2) is 9.18 Å². The van der Waals surface area contributed by atoms with Crippen LogP contribution in [0.25, 0.3) is 0 Å². The molecule has 5 rings (SSSR count). The second kappa shape index (κ2) is 8.93. The predicted molar refractivity (Wildman–Crippen MR) is 126 cm³/mol. The number of pyridine rings is 1. The fraction of sp³-hybridized carbons (Fsp3) is 0.538. The van der Waals surface area contributed by atoms with Crippen LogP contribution in [0.1, 0.15) is 43.9 Å². The van der Waals surface area contributed by atoms with Crippen LogP contribution in [0, 0.1) is 12.7 Å². The minimum atomic E-state index is -0.191. The smallest absolute Gasteiger partial charge is 0.409 e. The summed E-state index contributed by atoms with van der Waals surface area (Å²) in [6.07, 6.45) is 5.72. The van der Waals surface area contributed by atoms with Gasteiger partial charge in [-0.05, 0) is 88.5 Å². The van der Waals surface area contributed by atoms with E-state index in [4.69, 9.17) is 4.74 Å². The van der Waals surface area contributed by atoms with E-state index in [-0.39, 0.29) is 17.3 Å². The van der Waals surface area contributed by atoms with Gasteiger partial charge >= 0.3 is 6.09 Å². The van der Waals surface area contributed by atoms with E-state index >= 15 is 0 Å². The van der Waals surface area contributed by atoms with Gasteiger partial charge in [0.1, 0.15) is 5.82 Å². The average molecular weight is 453 g/mol. The van der Waals surface area contributed by atoms with Crippen LogP contribution in [0.4, 0.5) is 20.6 Å². The Bertz CT molecular complexity index is 996. The number of fused-ring (bicyclic) bond motifs is 2. The zero-order valence-corrected chi connectivity index (χ0v) is 19.6. The number of anilines is 2. The van der Waals surface area contributed by atoms with Crippen molar-refractivity contribution in [3.8, 4) is 0 Å². The molecule has 3 aliphatic rings. The van der Waals surface area contributed by atoms with Crippen LogP contribution in [0.3, 0.4) is 0 Å². The third-order valence-electron chi connectivity index (χ3n) is 7.75. The number of halogens is 1. The molecule has 1 aromatic heterocycles. The van der Waals surface area contributed by atoms with E-state index in [1.807, 2.05) is 37.1 Å². The van der Waals surface area contributed by atoms with Crippen LogP contribution in [-0.2, 0) is 10.2 Å². The molecule has 6 nitrogen and oxygen atoms in total. The van der Waals surface area contributed by atoms with Crippen molar-refractivity contribution in [1.82, 2.24) is 14.8 Å². The highest BCUT2D eigenvalue weighted by Gasteiger charge is 2.46. The van der Waals surface area contributed by atoms with E-state index in [0.29, 0.717) is 12.6 Å². The van der Waals surface area contributed by atoms with Crippen LogP contribution < -0.4 is 4.90 Å². The molecule has 7 heteroatoms. The van der Waals surface area contributed by atoms with E-state index < -0.39 is 0 Å². The number of piperidine rings is 2. The highest BCUT2D eigenvalue weighted by Crippen LogP contribution is 2.50. The summed E-state index contributed by atoms with van der Waals surface area (Å²) in [7, 11) is 0. The lowest BCUT2D eigenvalue weighted by molar-refractivity contribution is 0.0581. The third-order valence-corrected chi connectivity index (χ3v) is 7.75. The quantitative estimate of drug-likeness (QED) is 0.679. The van der Waals surface area contributed by atoms with E-state index in [2.05, 4.69) is 20.9 Å². The summed E-state index contributed by atoms with van der Waals surface area (Å²) in [4.78, 5) is 23.2. The number of ether oxygens (including phenoxy) is 1. The molecular weight excluding hydrogens is 419 g/mol. The Hall–Kier alpha value is -2.67. The molecule has 2 saturated heterocycles. The average Bonchev–Trinajstić information content (AvgIpc) is 3.13. The van der Waals surface area contributed by atoms with Crippen LogP contribution in [0.2, 0.25) is 0 Å². The van der Waals surface area contributed by atoms with E-state index in [9.17, 15) is 9.18 Å². The number of aryl methyl sites for hydroxylation is 1. The zero-order valence-electron chi connectivity index (χ0n) is 19.6. The molecule has 4 heterocycles. The van der Waals surface area contributed by atoms with Gasteiger partial charge in [0.25, 0.3) is 0 Å². The lowest BCUT2D eigenvalue weighted by Crippen LogP contribution is -2.52. The van der Waals surface area contributed by atoms with Crippen LogP contribution in [0.15, 0.2) is 36.5 Å². The number of likely N-dealkylation sites (tertiary alicyclic amines) is 2. The number of hydrogen-bond acceptors (Lipinski definition) is 5. The maximum Gasteiger partial charge on any atom is 0.409 e. The predicted octanol–water partition coefficient (Wildman–Crippen LogP) is 4.64. The van der Waals surface area contributed by atoms with Crippen molar-refractivity contribution in [3.05, 3.63) is 53.6 Å². The number of amides is 1. The van der Waals surface area contributed by atoms with Gasteiger partial charge in [-0.3, -0.25) is 4.98 Å². The van der Waals surface area contributed by atoms with E-state index in [0.717, 1.165) is 81.0 Å². The maximum atomic E-state index is 14.3. The molecule has 33 heavy (non-hydrogen) atoms. The first-order chi connectivity index (χ1) is 16.0. The Labute approximate surface area is 195 Å². The molecule has 1 spiro atoms. The normalized spacial score (nSPS) is 20.8. The van der Waals surface area contributed by atoms with Gasteiger partial charge < -0.3 is 19.4 Å². The van der Waals surface area contributed by atoms with Gasteiger partial charge in [0.05, 0.1) is 18.5 Å². The summed E-state index contributed by atoms with van der Waals surface area (Å²) >= 11 is 0. The van der Waals surface area contributed by atoms with Gasteiger partial charge in [0.2, 0.25) is 0 Å². The molecule has 0 atom stereocenters. The summed E-state index contributed by atoms with van der Waals surface area (Å²) in [6.45, 7) is 8.64. The summed E-state index contributed by atoms with van der Waals surface area (Å²) in [5.74, 6) is -0.161. The van der Waals surface area contributed by atoms with Gasteiger partial charge in [-0.15, -0.1) is 0 Å². The summed E-state index contributed by atoms with van der Waals surface area (Å²) in [5, 5.41) is 0. The highest BCUT2D eigenvalue weighted by atomic mass is 19.1. The summed E-state index contributed by atoms with van der Waals surface area (Å²) < 4.78 is 19.5. The van der Waals surface area contributed by atoms with Crippen LogP contribution in [0.5, 0.6) is 0 Å². The highest BCUT2D eigenvalue weighted by molar-refractivity contribution is 5.72. The van der Waals surface area contributed by atoms with Crippen molar-refractivity contribution in [2.24, 2.45) is 0 Å². The Morgan fingerprint density at radius 2 is 1.91 bits per heavy atom. The van der Waals surface area contributed by atoms with E-state index in [1.165, 1.54) is 0 Å². The fourth-order valence-electron chi connectivity index (χ4n) is 5.86. The number of aromatic nitrogens is 1. The van der Waals surface area contributed by atoms with Gasteiger partial charge in [-0.2, -0.15) is 0 Å². The molecule has 0 bridgehead atoms. The Morgan fingerprint density at radius 3 is 2.58 bits per heavy atom. The maximum absolute atomic E-state index is 14.3. The molecule has 1 aromatic carbocycles. The second-order valence-corrected chi connectivity index (χ2v) is 9.64. The molecule has 0 saturated carbocycles. The van der Waals surface area contributed by atoms with Crippen molar-refractivity contribution in [1.29, 1.82) is 0 Å². The topological polar surface area (TPSA) is 48.9 Å². The van der Waals surface area contributed by atoms with Crippen LogP contribution in [-0.4, -0.2) is 66.2 Å². The summed E-state index contributed by atoms with van der Waals surface area (Å²) in [6, 6.07) is 9.90. The lowest BCUT2D eigenvalue weighted by Gasteiger charge is -2.45. The van der Waals surface area contributed by atoms with Crippen molar-refractivity contribution < 1.29 is 13.9 Å². The van der Waals surface area contributed by atoms with Crippen molar-refractivity contribution >= 4 is 17.5 Å². The number of carbonyl (C=O) groups is 1. The number of hydrogen-bond donors (Lipinski definition) is 0. The Kier molecular flexibility index (Phi) is 5.99. The molecule has 0 aliphatic carbocycles. The molecule has 176 valence electrons. The third kappa shape index (κ3) is 4.19. The number of rotatable bonds is 3. The first-order valence-corrected chi connectivity index (χ1v) is 12.1. The van der Waals surface area contributed by atoms with Crippen molar-refractivity contribution in [3.63, 3.8) is 0 Å². The largest absolute Gasteiger partial charge is 0.450 e. The van der Waals surface area contributed by atoms with Gasteiger partial charge in [0, 0.05) is 42.5 Å². The minimum Gasteiger partial charge on any atom is -0.450 e. The first kappa shape index (κ1) is 22.1. The first-order valence-electron chi connectivity index (χ1n) is 12.1. The SMILES string of the molecule is CCOC(=O)N1CCC(N2CCC3(CC2)CN(c2ccc(C)nc2)c2ccc(F)cc23)CC1. The number of nitrogens with zero attached hydrogens (tertiary/aromatic N) is 4. The van der Waals surface area contributed by atoms with E-state index in [1.54, 1.807) is 12.1 Å². The standard InChI is InChI=1S/C26H33FN4O2/c1-3-33-25(32)30-12-8-21(9-13-30)29-14-10-26(11-15-29)18-31(22-6-4-19(2)28-17-22)24-7-5-20(27)16-23(24)26/h4-7,16-17,21H,3,8-15,18H2,1-2H3. The molecule has 3 aliphatic heterocycles. The van der Waals surface area contributed by atoms with Gasteiger partial charge in [0.15, 0.2) is 0 Å². The molecular formula is C26H33FN4O2. The molecule has 0 radical (unpaired) electrons. The molecule has 0 unspecified atom stereocenters. The van der Waals surface area contributed by atoms with Crippen molar-refractivity contribution in [2.75, 3.05) is 44.2 Å². The molecule has 0 N–H and O–H groups in total. The Balaban J connectivity index is 1.29. The minimum absolute atomic E-state index is 0.0372. The monoisotopic (exact) mass is 452 g/mol.